The number of benzene rings is 4. The molecule has 0 aliphatic carbocycles. The molecule has 0 N–H and O–H groups in total. The molecule has 1 aliphatic heterocycles. The van der Waals surface area contributed by atoms with Gasteiger partial charge >= 0.3 is 0 Å². The highest BCUT2D eigenvalue weighted by atomic mass is 19.2. The van der Waals surface area contributed by atoms with E-state index in [9.17, 15) is 35.1 Å². The Hall–Kier alpha value is -3.84. The molecule has 0 amide bonds. The van der Waals surface area contributed by atoms with Gasteiger partial charge in [0.25, 0.3) is 0 Å². The molecule has 2 nitrogen and oxygen atoms in total. The third kappa shape index (κ3) is 3.60. The lowest BCUT2D eigenvalue weighted by Gasteiger charge is -2.34. The summed E-state index contributed by atoms with van der Waals surface area (Å²) in [7, 11) is 0. The number of fused-ring (bicyclic) bond motifs is 4. The molecule has 0 atom stereocenters. The van der Waals surface area contributed by atoms with E-state index in [-0.39, 0.29) is 6.42 Å². The lowest BCUT2D eigenvalue weighted by Crippen LogP contribution is -2.27. The Kier molecular flexibility index (Phi) is 6.70. The first-order valence-electron chi connectivity index (χ1n) is 11.6. The number of rotatable bonds is 5. The Morgan fingerprint density at radius 2 is 0.775 bits per heavy atom. The maximum absolute atomic E-state index is 15.8. The highest BCUT2D eigenvalue weighted by molar-refractivity contribution is 5.98. The van der Waals surface area contributed by atoms with Gasteiger partial charge in [-0.3, -0.25) is 0 Å². The average Bonchev–Trinajstić information content (AvgIpc) is 2.93. The minimum absolute atomic E-state index is 0.00580. The molecule has 0 saturated heterocycles. The van der Waals surface area contributed by atoms with Gasteiger partial charge in [0.05, 0.1) is 21.5 Å². The second-order valence-electron chi connectivity index (χ2n) is 8.94. The molecule has 0 fully saturated rings. The first-order chi connectivity index (χ1) is 18.9. The molecule has 1 heterocycles. The molecule has 0 spiro atoms. The van der Waals surface area contributed by atoms with Crippen LogP contribution in [0.5, 0.6) is 11.5 Å². The van der Waals surface area contributed by atoms with E-state index in [1.807, 2.05) is 0 Å². The normalized spacial score (nSPS) is 12.8. The van der Waals surface area contributed by atoms with Crippen molar-refractivity contribution in [3.05, 3.63) is 69.8 Å². The predicted octanol–water partition coefficient (Wildman–Crippen LogP) is 9.49. The van der Waals surface area contributed by atoms with E-state index in [0.717, 1.165) is 0 Å². The van der Waals surface area contributed by atoms with Gasteiger partial charge in [-0.05, 0) is 6.42 Å². The summed E-state index contributed by atoms with van der Waals surface area (Å²) in [4.78, 5) is 0.413. The summed E-state index contributed by atoms with van der Waals surface area (Å²) in [6.07, 6.45) is 1.51. The smallest absolute Gasteiger partial charge is 0.198 e. The average molecular weight is 583 g/mol. The third-order valence-electron chi connectivity index (χ3n) is 6.64. The minimum Gasteiger partial charge on any atom is -0.446 e. The topological polar surface area (TPSA) is 12.5 Å². The van der Waals surface area contributed by atoms with Crippen molar-refractivity contribution in [2.45, 2.75) is 32.6 Å². The molecule has 0 aromatic heterocycles. The monoisotopic (exact) mass is 583 g/mol. The maximum Gasteiger partial charge on any atom is 0.198 e. The molecule has 5 rings (SSSR count). The summed E-state index contributed by atoms with van der Waals surface area (Å²) < 4.78 is 181. The SMILES string of the molecule is CCCCCCN1c2c(c(F)c3c(F)c(F)c(F)c(F)c3c2F)Oc2c1c(F)c1c(F)c(F)c(F)c(F)c1c2F. The van der Waals surface area contributed by atoms with Gasteiger partial charge in [0.15, 0.2) is 81.3 Å². The van der Waals surface area contributed by atoms with Gasteiger partial charge in [-0.2, -0.15) is 0 Å². The Balaban J connectivity index is 1.93. The van der Waals surface area contributed by atoms with E-state index in [0.29, 0.717) is 24.2 Å². The summed E-state index contributed by atoms with van der Waals surface area (Å²) in [5, 5.41) is -7.06. The molecule has 0 radical (unpaired) electrons. The predicted molar refractivity (Wildman–Crippen MR) is 119 cm³/mol. The van der Waals surface area contributed by atoms with Crippen LogP contribution in [0.1, 0.15) is 32.6 Å². The Labute approximate surface area is 216 Å². The van der Waals surface area contributed by atoms with Crippen LogP contribution in [-0.4, -0.2) is 6.54 Å². The van der Waals surface area contributed by atoms with E-state index in [4.69, 9.17) is 4.74 Å². The quantitative estimate of drug-likeness (QED) is 0.100. The molecular weight excluding hydrogens is 570 g/mol. The zero-order valence-electron chi connectivity index (χ0n) is 19.9. The largest absolute Gasteiger partial charge is 0.446 e. The number of halogens is 12. The molecule has 40 heavy (non-hydrogen) atoms. The van der Waals surface area contributed by atoms with Gasteiger partial charge in [0, 0.05) is 6.54 Å². The van der Waals surface area contributed by atoms with Crippen LogP contribution in [0.4, 0.5) is 64.1 Å². The van der Waals surface area contributed by atoms with Crippen molar-refractivity contribution in [1.82, 2.24) is 0 Å². The fourth-order valence-electron chi connectivity index (χ4n) is 4.76. The van der Waals surface area contributed by atoms with Crippen molar-refractivity contribution in [1.29, 1.82) is 0 Å². The Morgan fingerprint density at radius 1 is 0.425 bits per heavy atom. The highest BCUT2D eigenvalue weighted by Gasteiger charge is 2.41. The maximum atomic E-state index is 15.8. The van der Waals surface area contributed by atoms with Crippen LogP contribution >= 0.6 is 0 Å². The lowest BCUT2D eigenvalue weighted by atomic mass is 9.99. The second kappa shape index (κ2) is 9.66. The molecular formula is C26H13F12NO. The van der Waals surface area contributed by atoms with Gasteiger partial charge in [-0.25, -0.2) is 52.7 Å². The molecule has 212 valence electrons. The number of ether oxygens (including phenoxy) is 1. The van der Waals surface area contributed by atoms with Gasteiger partial charge in [-0.1, -0.05) is 26.2 Å². The van der Waals surface area contributed by atoms with E-state index < -0.39 is 121 Å². The summed E-state index contributed by atoms with van der Waals surface area (Å²) in [6, 6.07) is 0. The summed E-state index contributed by atoms with van der Waals surface area (Å²) in [5.74, 6) is -30.6. The first-order valence-corrected chi connectivity index (χ1v) is 11.6. The minimum atomic E-state index is -2.52. The van der Waals surface area contributed by atoms with Crippen LogP contribution in [0.3, 0.4) is 0 Å². The number of unbranched alkanes of at least 4 members (excludes halogenated alkanes) is 3. The van der Waals surface area contributed by atoms with Crippen LogP contribution in [0.15, 0.2) is 0 Å². The molecule has 4 aromatic carbocycles. The van der Waals surface area contributed by atoms with Crippen molar-refractivity contribution in [3.8, 4) is 11.5 Å². The Bertz CT molecular complexity index is 1630. The summed E-state index contributed by atoms with van der Waals surface area (Å²) >= 11 is 0. The highest BCUT2D eigenvalue weighted by Crippen LogP contribution is 2.56. The molecule has 0 bridgehead atoms. The van der Waals surface area contributed by atoms with Crippen molar-refractivity contribution in [3.63, 3.8) is 0 Å². The van der Waals surface area contributed by atoms with Crippen molar-refractivity contribution in [2.24, 2.45) is 0 Å². The molecule has 4 aromatic rings. The Morgan fingerprint density at radius 3 is 1.12 bits per heavy atom. The standard InChI is InChI=1S/C26H13F12NO/c1-2-3-4-5-6-39-23-15(31)7-9(13(29)21(37)19(35)11(7)27)17(33)25(23)40-26-18(34)10-8(16(32)24(26)39)12(28)20(36)22(38)14(10)30/h2-6H2,1H3. The molecule has 14 heteroatoms. The van der Waals surface area contributed by atoms with Gasteiger partial charge in [0.2, 0.25) is 0 Å². The molecule has 0 saturated carbocycles. The molecule has 0 unspecified atom stereocenters. The van der Waals surface area contributed by atoms with Gasteiger partial charge in [-0.15, -0.1) is 0 Å². The van der Waals surface area contributed by atoms with Gasteiger partial charge in [0.1, 0.15) is 11.4 Å². The second-order valence-corrected chi connectivity index (χ2v) is 8.94. The number of hydrogen-bond donors (Lipinski definition) is 0. The number of hydrogen-bond acceptors (Lipinski definition) is 2. The fraction of sp³-hybridized carbons (Fsp3) is 0.231. The zero-order valence-corrected chi connectivity index (χ0v) is 19.9. The van der Waals surface area contributed by atoms with Gasteiger partial charge < -0.3 is 9.64 Å². The van der Waals surface area contributed by atoms with Crippen LogP contribution < -0.4 is 9.64 Å². The summed E-state index contributed by atoms with van der Waals surface area (Å²) in [6.45, 7) is 1.21. The van der Waals surface area contributed by atoms with Crippen LogP contribution in [0, 0.1) is 69.8 Å². The summed E-state index contributed by atoms with van der Waals surface area (Å²) in [5.41, 5.74) is -2.50. The molecule has 1 aliphatic rings. The van der Waals surface area contributed by atoms with Crippen LogP contribution in [0.25, 0.3) is 21.5 Å². The zero-order chi connectivity index (χ0) is 29.4. The lowest BCUT2D eigenvalue weighted by molar-refractivity contribution is 0.391. The van der Waals surface area contributed by atoms with Crippen LogP contribution in [0.2, 0.25) is 0 Å². The number of anilines is 2. The van der Waals surface area contributed by atoms with E-state index in [1.54, 1.807) is 6.92 Å². The first kappa shape index (κ1) is 27.7. The van der Waals surface area contributed by atoms with Crippen molar-refractivity contribution >= 4 is 32.9 Å². The van der Waals surface area contributed by atoms with Crippen LogP contribution in [-0.2, 0) is 0 Å². The van der Waals surface area contributed by atoms with E-state index >= 15 is 17.6 Å². The van der Waals surface area contributed by atoms with E-state index in [1.165, 1.54) is 0 Å². The third-order valence-corrected chi connectivity index (χ3v) is 6.64. The number of nitrogens with zero attached hydrogens (tertiary/aromatic N) is 1. The van der Waals surface area contributed by atoms with Crippen molar-refractivity contribution < 1.29 is 57.4 Å². The van der Waals surface area contributed by atoms with Crippen molar-refractivity contribution in [2.75, 3.05) is 11.4 Å². The van der Waals surface area contributed by atoms with E-state index in [2.05, 4.69) is 0 Å². The fourth-order valence-corrected chi connectivity index (χ4v) is 4.76.